The summed E-state index contributed by atoms with van der Waals surface area (Å²) in [5.41, 5.74) is 4.37. The van der Waals surface area contributed by atoms with Crippen molar-refractivity contribution in [1.29, 1.82) is 0 Å². The Labute approximate surface area is 197 Å². The van der Waals surface area contributed by atoms with E-state index in [0.717, 1.165) is 49.9 Å². The maximum Gasteiger partial charge on any atom is 0.231 e. The van der Waals surface area contributed by atoms with Crippen LogP contribution in [0.1, 0.15) is 82.6 Å². The number of carbonyl (C=O) groups excluding carboxylic acids is 2. The maximum absolute atomic E-state index is 13.5. The van der Waals surface area contributed by atoms with Crippen LogP contribution in [0.15, 0.2) is 35.4 Å². The molecule has 7 nitrogen and oxygen atoms in total. The third-order valence-corrected chi connectivity index (χ3v) is 7.84. The summed E-state index contributed by atoms with van der Waals surface area (Å²) in [6.45, 7) is 0.571. The molecule has 1 aromatic carbocycles. The molecule has 2 aliphatic heterocycles. The van der Waals surface area contributed by atoms with Crippen molar-refractivity contribution in [2.75, 3.05) is 0 Å². The number of carbonyl (C=O) groups is 2. The second kappa shape index (κ2) is 10.1. The molecule has 0 radical (unpaired) electrons. The third kappa shape index (κ3) is 4.87. The average molecular weight is 452 g/mol. The Morgan fingerprint density at radius 3 is 2.52 bits per heavy atom. The van der Waals surface area contributed by atoms with Crippen molar-refractivity contribution in [2.24, 2.45) is 11.0 Å². The van der Waals surface area contributed by atoms with E-state index in [4.69, 9.17) is 0 Å². The first-order valence-electron chi connectivity index (χ1n) is 12.9. The molecule has 0 bridgehead atoms. The van der Waals surface area contributed by atoms with Crippen LogP contribution in [0.5, 0.6) is 0 Å². The van der Waals surface area contributed by atoms with Gasteiger partial charge in [0.25, 0.3) is 0 Å². The van der Waals surface area contributed by atoms with Crippen LogP contribution in [0.2, 0.25) is 0 Å². The summed E-state index contributed by atoms with van der Waals surface area (Å²) in [6.07, 6.45) is 12.2. The molecule has 4 aliphatic rings. The minimum absolute atomic E-state index is 0.0172. The Morgan fingerprint density at radius 1 is 1.00 bits per heavy atom. The van der Waals surface area contributed by atoms with Crippen molar-refractivity contribution in [2.45, 2.75) is 102 Å². The van der Waals surface area contributed by atoms with Crippen molar-refractivity contribution in [3.05, 3.63) is 35.9 Å². The quantitative estimate of drug-likeness (QED) is 0.647. The monoisotopic (exact) mass is 451 g/mol. The smallest absolute Gasteiger partial charge is 0.231 e. The molecule has 1 aromatic rings. The normalized spacial score (nSPS) is 27.8. The molecule has 2 amide bonds. The van der Waals surface area contributed by atoms with Gasteiger partial charge in [-0.25, -0.2) is 0 Å². The van der Waals surface area contributed by atoms with E-state index in [1.165, 1.54) is 25.7 Å². The molecule has 178 valence electrons. The Morgan fingerprint density at radius 2 is 1.73 bits per heavy atom. The standard InChI is InChI=1S/C26H37N5O2/c32-24(27-20-12-6-1-2-7-13-20)17-16-23-28-29-26-30(18-19-10-4-3-5-11-19)25(33)21-14-8-9-15-22(21)31(23)26/h3-5,10-11,20-22,26,29H,1-2,6-9,12-18H2,(H,27,32). The van der Waals surface area contributed by atoms with Crippen LogP contribution < -0.4 is 10.7 Å². The van der Waals surface area contributed by atoms with Gasteiger partial charge in [0.05, 0.1) is 5.92 Å². The number of hydrazone groups is 1. The van der Waals surface area contributed by atoms with Gasteiger partial charge in [0.2, 0.25) is 11.8 Å². The van der Waals surface area contributed by atoms with E-state index >= 15 is 0 Å². The second-order valence-corrected chi connectivity index (χ2v) is 10.1. The van der Waals surface area contributed by atoms with Gasteiger partial charge in [-0.1, -0.05) is 68.9 Å². The van der Waals surface area contributed by atoms with Gasteiger partial charge in [-0.2, -0.15) is 5.10 Å². The molecular formula is C26H37N5O2. The number of amidine groups is 1. The Hall–Kier alpha value is -2.57. The molecule has 7 heteroatoms. The molecule has 33 heavy (non-hydrogen) atoms. The van der Waals surface area contributed by atoms with Crippen LogP contribution in [0.3, 0.4) is 0 Å². The second-order valence-electron chi connectivity index (χ2n) is 10.1. The van der Waals surface area contributed by atoms with Gasteiger partial charge in [0.15, 0.2) is 6.29 Å². The molecule has 2 saturated carbocycles. The van der Waals surface area contributed by atoms with E-state index in [2.05, 4.69) is 32.9 Å². The molecule has 2 N–H and O–H groups in total. The van der Waals surface area contributed by atoms with Crippen LogP contribution in [0, 0.1) is 5.92 Å². The fraction of sp³-hybridized carbons (Fsp3) is 0.654. The van der Waals surface area contributed by atoms with Crippen molar-refractivity contribution < 1.29 is 9.59 Å². The number of hydrogen-bond acceptors (Lipinski definition) is 5. The molecule has 2 heterocycles. The van der Waals surface area contributed by atoms with Gasteiger partial charge in [0.1, 0.15) is 5.84 Å². The van der Waals surface area contributed by atoms with E-state index in [1.807, 2.05) is 23.1 Å². The van der Waals surface area contributed by atoms with Crippen LogP contribution in [-0.4, -0.2) is 45.8 Å². The highest BCUT2D eigenvalue weighted by atomic mass is 16.2. The fourth-order valence-electron chi connectivity index (χ4n) is 6.13. The predicted molar refractivity (Wildman–Crippen MR) is 128 cm³/mol. The number of nitrogens with one attached hydrogen (secondary N) is 2. The van der Waals surface area contributed by atoms with E-state index < -0.39 is 0 Å². The van der Waals surface area contributed by atoms with Gasteiger partial charge in [-0.15, -0.1) is 0 Å². The van der Waals surface area contributed by atoms with E-state index in [-0.39, 0.29) is 30.1 Å². The summed E-state index contributed by atoms with van der Waals surface area (Å²) in [4.78, 5) is 30.5. The van der Waals surface area contributed by atoms with Gasteiger partial charge < -0.3 is 10.2 Å². The lowest BCUT2D eigenvalue weighted by Crippen LogP contribution is -2.67. The number of fused-ring (bicyclic) bond motifs is 3. The first-order valence-corrected chi connectivity index (χ1v) is 12.9. The van der Waals surface area contributed by atoms with Crippen molar-refractivity contribution >= 4 is 17.6 Å². The lowest BCUT2D eigenvalue weighted by molar-refractivity contribution is -0.156. The van der Waals surface area contributed by atoms with Crippen molar-refractivity contribution in [3.8, 4) is 0 Å². The largest absolute Gasteiger partial charge is 0.353 e. The van der Waals surface area contributed by atoms with Gasteiger partial charge in [0, 0.05) is 31.5 Å². The zero-order chi connectivity index (χ0) is 22.6. The number of amides is 2. The molecule has 2 aliphatic carbocycles. The van der Waals surface area contributed by atoms with Crippen LogP contribution in [0.4, 0.5) is 0 Å². The average Bonchev–Trinajstić information content (AvgIpc) is 3.10. The van der Waals surface area contributed by atoms with Crippen LogP contribution >= 0.6 is 0 Å². The molecule has 1 saturated heterocycles. The van der Waals surface area contributed by atoms with Gasteiger partial charge >= 0.3 is 0 Å². The summed E-state index contributed by atoms with van der Waals surface area (Å²) in [7, 11) is 0. The highest BCUT2D eigenvalue weighted by Gasteiger charge is 2.50. The minimum Gasteiger partial charge on any atom is -0.353 e. The van der Waals surface area contributed by atoms with Gasteiger partial charge in [-0.05, 0) is 31.2 Å². The molecule has 3 atom stereocenters. The first kappa shape index (κ1) is 22.2. The molecule has 3 fully saturated rings. The minimum atomic E-state index is -0.253. The lowest BCUT2D eigenvalue weighted by Gasteiger charge is -2.50. The van der Waals surface area contributed by atoms with Gasteiger partial charge in [-0.3, -0.25) is 19.9 Å². The fourth-order valence-corrected chi connectivity index (χ4v) is 6.13. The van der Waals surface area contributed by atoms with E-state index in [9.17, 15) is 9.59 Å². The van der Waals surface area contributed by atoms with Crippen molar-refractivity contribution in [3.63, 3.8) is 0 Å². The summed E-state index contributed by atoms with van der Waals surface area (Å²) in [5.74, 6) is 1.31. The number of benzene rings is 1. The van der Waals surface area contributed by atoms with E-state index in [1.54, 1.807) is 0 Å². The molecule has 0 aromatic heterocycles. The van der Waals surface area contributed by atoms with E-state index in [0.29, 0.717) is 25.4 Å². The Balaban J connectivity index is 1.26. The molecular weight excluding hydrogens is 414 g/mol. The number of rotatable bonds is 6. The molecule has 3 unspecified atom stereocenters. The SMILES string of the molecule is O=C(CCC1=NNC2N(Cc3ccccc3)C(=O)C3CCCCC3N12)NC1CCCCCC1. The molecule has 5 rings (SSSR count). The Kier molecular flexibility index (Phi) is 6.83. The number of nitrogens with zero attached hydrogens (tertiary/aromatic N) is 3. The molecule has 0 spiro atoms. The lowest BCUT2D eigenvalue weighted by atomic mass is 9.80. The highest BCUT2D eigenvalue weighted by Crippen LogP contribution is 2.38. The topological polar surface area (TPSA) is 77.0 Å². The van der Waals surface area contributed by atoms with Crippen LogP contribution in [0.25, 0.3) is 0 Å². The summed E-state index contributed by atoms with van der Waals surface area (Å²) in [6, 6.07) is 10.7. The predicted octanol–water partition coefficient (Wildman–Crippen LogP) is 3.71. The third-order valence-electron chi connectivity index (χ3n) is 7.84. The summed E-state index contributed by atoms with van der Waals surface area (Å²) >= 11 is 0. The number of hydrogen-bond donors (Lipinski definition) is 2. The maximum atomic E-state index is 13.5. The zero-order valence-electron chi connectivity index (χ0n) is 19.5. The zero-order valence-corrected chi connectivity index (χ0v) is 19.5. The summed E-state index contributed by atoms with van der Waals surface area (Å²) in [5, 5.41) is 7.91. The Bertz CT molecular complexity index is 865. The highest BCUT2D eigenvalue weighted by molar-refractivity contribution is 5.91. The first-order chi connectivity index (χ1) is 16.2. The van der Waals surface area contributed by atoms with Crippen LogP contribution in [-0.2, 0) is 16.1 Å². The summed E-state index contributed by atoms with van der Waals surface area (Å²) < 4.78 is 0. The van der Waals surface area contributed by atoms with Crippen molar-refractivity contribution in [1.82, 2.24) is 20.5 Å².